The number of nitrogens with zero attached hydrogens (tertiary/aromatic N) is 1. The third kappa shape index (κ3) is 6.67. The fourth-order valence-corrected chi connectivity index (χ4v) is 1.84. The molecule has 1 aromatic rings. The fraction of sp³-hybridized carbons (Fsp3) is 0.571. The molecule has 0 saturated heterocycles. The van der Waals surface area contributed by atoms with E-state index in [2.05, 4.69) is 56.1 Å². The summed E-state index contributed by atoms with van der Waals surface area (Å²) in [5, 5.41) is 0. The van der Waals surface area contributed by atoms with Crippen molar-refractivity contribution in [3.8, 4) is 0 Å². The standard InChI is InChI=1S/C14H24N2.ClH/c1-14(2,11-15)12-16(3)10-9-13-7-5-4-6-8-13;/h4-8H,9-12,15H2,1-3H3;1H. The van der Waals surface area contributed by atoms with Gasteiger partial charge in [-0.3, -0.25) is 0 Å². The minimum Gasteiger partial charge on any atom is -0.330 e. The largest absolute Gasteiger partial charge is 0.330 e. The highest BCUT2D eigenvalue weighted by Gasteiger charge is 2.17. The van der Waals surface area contributed by atoms with Crippen LogP contribution in [-0.4, -0.2) is 31.6 Å². The van der Waals surface area contributed by atoms with Gasteiger partial charge in [-0.05, 0) is 31.0 Å². The Morgan fingerprint density at radius 2 is 1.76 bits per heavy atom. The first kappa shape index (κ1) is 16.4. The van der Waals surface area contributed by atoms with Crippen molar-refractivity contribution < 1.29 is 0 Å². The zero-order valence-corrected chi connectivity index (χ0v) is 12.0. The highest BCUT2D eigenvalue weighted by atomic mass is 35.5. The molecule has 3 heteroatoms. The fourth-order valence-electron chi connectivity index (χ4n) is 1.84. The second kappa shape index (κ2) is 7.70. The first-order valence-corrected chi connectivity index (χ1v) is 5.96. The van der Waals surface area contributed by atoms with Crippen molar-refractivity contribution in [3.63, 3.8) is 0 Å². The van der Waals surface area contributed by atoms with Gasteiger partial charge in [0.25, 0.3) is 0 Å². The Morgan fingerprint density at radius 3 is 2.29 bits per heavy atom. The normalized spacial score (nSPS) is 11.4. The number of likely N-dealkylation sites (N-methyl/N-ethyl adjacent to an activating group) is 1. The van der Waals surface area contributed by atoms with Crippen molar-refractivity contribution in [2.45, 2.75) is 20.3 Å². The second-order valence-electron chi connectivity index (χ2n) is 5.34. The molecule has 0 aliphatic carbocycles. The van der Waals surface area contributed by atoms with Crippen molar-refractivity contribution in [1.82, 2.24) is 4.90 Å². The van der Waals surface area contributed by atoms with Crippen LogP contribution in [0, 0.1) is 5.41 Å². The number of rotatable bonds is 6. The average Bonchev–Trinajstić information content (AvgIpc) is 2.27. The van der Waals surface area contributed by atoms with E-state index in [4.69, 9.17) is 5.73 Å². The van der Waals surface area contributed by atoms with Crippen molar-refractivity contribution in [2.24, 2.45) is 11.1 Å². The van der Waals surface area contributed by atoms with Gasteiger partial charge in [-0.15, -0.1) is 12.4 Å². The smallest absolute Gasteiger partial charge is 0.00418 e. The third-order valence-corrected chi connectivity index (χ3v) is 2.88. The monoisotopic (exact) mass is 256 g/mol. The molecular formula is C14H25ClN2. The second-order valence-corrected chi connectivity index (χ2v) is 5.34. The molecule has 1 aromatic carbocycles. The summed E-state index contributed by atoms with van der Waals surface area (Å²) in [6, 6.07) is 10.6. The predicted molar refractivity (Wildman–Crippen MR) is 77.7 cm³/mol. The zero-order chi connectivity index (χ0) is 12.0. The van der Waals surface area contributed by atoms with Gasteiger partial charge in [0.05, 0.1) is 0 Å². The first-order chi connectivity index (χ1) is 7.53. The lowest BCUT2D eigenvalue weighted by atomic mass is 9.93. The van der Waals surface area contributed by atoms with Crippen LogP contribution in [0.5, 0.6) is 0 Å². The van der Waals surface area contributed by atoms with Gasteiger partial charge < -0.3 is 10.6 Å². The Kier molecular flexibility index (Phi) is 7.44. The summed E-state index contributed by atoms with van der Waals surface area (Å²) >= 11 is 0. The molecule has 0 aromatic heterocycles. The molecule has 0 heterocycles. The number of hydrogen-bond donors (Lipinski definition) is 1. The Labute approximate surface area is 112 Å². The average molecular weight is 257 g/mol. The van der Waals surface area contributed by atoms with Crippen molar-refractivity contribution in [2.75, 3.05) is 26.7 Å². The van der Waals surface area contributed by atoms with Crippen LogP contribution in [0.25, 0.3) is 0 Å². The maximum Gasteiger partial charge on any atom is 0.00418 e. The summed E-state index contributed by atoms with van der Waals surface area (Å²) in [7, 11) is 2.17. The molecule has 0 bridgehead atoms. The van der Waals surface area contributed by atoms with Gasteiger partial charge in [-0.25, -0.2) is 0 Å². The molecule has 1 rings (SSSR count). The minimum atomic E-state index is 0. The molecule has 0 spiro atoms. The molecule has 98 valence electrons. The van der Waals surface area contributed by atoms with Gasteiger partial charge in [-0.1, -0.05) is 44.2 Å². The summed E-state index contributed by atoms with van der Waals surface area (Å²) in [6.07, 6.45) is 1.11. The molecule has 2 nitrogen and oxygen atoms in total. The number of benzene rings is 1. The van der Waals surface area contributed by atoms with Crippen LogP contribution in [0.2, 0.25) is 0 Å². The van der Waals surface area contributed by atoms with E-state index >= 15 is 0 Å². The Bertz CT molecular complexity index is 298. The molecule has 0 amide bonds. The van der Waals surface area contributed by atoms with E-state index in [1.807, 2.05) is 0 Å². The van der Waals surface area contributed by atoms with Crippen molar-refractivity contribution >= 4 is 12.4 Å². The lowest BCUT2D eigenvalue weighted by Gasteiger charge is -2.28. The summed E-state index contributed by atoms with van der Waals surface area (Å²) in [5.74, 6) is 0. The van der Waals surface area contributed by atoms with E-state index in [0.29, 0.717) is 0 Å². The van der Waals surface area contributed by atoms with E-state index in [1.54, 1.807) is 0 Å². The quantitative estimate of drug-likeness (QED) is 0.848. The van der Waals surface area contributed by atoms with Gasteiger partial charge in [0.15, 0.2) is 0 Å². The van der Waals surface area contributed by atoms with Crippen LogP contribution < -0.4 is 5.73 Å². The van der Waals surface area contributed by atoms with Gasteiger partial charge in [0, 0.05) is 13.1 Å². The van der Waals surface area contributed by atoms with Crippen LogP contribution in [0.3, 0.4) is 0 Å². The first-order valence-electron chi connectivity index (χ1n) is 5.96. The maximum atomic E-state index is 5.74. The molecule has 0 aliphatic rings. The van der Waals surface area contributed by atoms with Crippen LogP contribution in [-0.2, 0) is 6.42 Å². The summed E-state index contributed by atoms with van der Waals surface area (Å²) in [6.45, 7) is 7.31. The molecular weight excluding hydrogens is 232 g/mol. The highest BCUT2D eigenvalue weighted by Crippen LogP contribution is 2.14. The molecule has 0 radical (unpaired) electrons. The Morgan fingerprint density at radius 1 is 1.18 bits per heavy atom. The number of nitrogens with two attached hydrogens (primary N) is 1. The summed E-state index contributed by atoms with van der Waals surface area (Å²) in [5.41, 5.74) is 7.35. The molecule has 0 unspecified atom stereocenters. The summed E-state index contributed by atoms with van der Waals surface area (Å²) < 4.78 is 0. The van der Waals surface area contributed by atoms with E-state index in [9.17, 15) is 0 Å². The molecule has 0 fully saturated rings. The number of halogens is 1. The lowest BCUT2D eigenvalue weighted by molar-refractivity contribution is 0.218. The van der Waals surface area contributed by atoms with Crippen molar-refractivity contribution in [3.05, 3.63) is 35.9 Å². The molecule has 0 aliphatic heterocycles. The molecule has 2 N–H and O–H groups in total. The topological polar surface area (TPSA) is 29.3 Å². The lowest BCUT2D eigenvalue weighted by Crippen LogP contribution is -2.37. The molecule has 0 saturated carbocycles. The minimum absolute atomic E-state index is 0. The Hall–Kier alpha value is -0.570. The van der Waals surface area contributed by atoms with Crippen LogP contribution >= 0.6 is 12.4 Å². The summed E-state index contributed by atoms with van der Waals surface area (Å²) in [4.78, 5) is 2.36. The maximum absolute atomic E-state index is 5.74. The Balaban J connectivity index is 0.00000256. The van der Waals surface area contributed by atoms with E-state index in [0.717, 1.165) is 26.1 Å². The molecule has 0 atom stereocenters. The van der Waals surface area contributed by atoms with E-state index in [1.165, 1.54) is 5.56 Å². The van der Waals surface area contributed by atoms with E-state index in [-0.39, 0.29) is 17.8 Å². The van der Waals surface area contributed by atoms with E-state index < -0.39 is 0 Å². The predicted octanol–water partition coefficient (Wildman–Crippen LogP) is 2.57. The zero-order valence-electron chi connectivity index (χ0n) is 11.1. The van der Waals surface area contributed by atoms with Gasteiger partial charge in [0.2, 0.25) is 0 Å². The number of hydrogen-bond acceptors (Lipinski definition) is 2. The van der Waals surface area contributed by atoms with Crippen LogP contribution in [0.4, 0.5) is 0 Å². The highest BCUT2D eigenvalue weighted by molar-refractivity contribution is 5.85. The van der Waals surface area contributed by atoms with Gasteiger partial charge >= 0.3 is 0 Å². The van der Waals surface area contributed by atoms with Gasteiger partial charge in [0.1, 0.15) is 0 Å². The third-order valence-electron chi connectivity index (χ3n) is 2.88. The van der Waals surface area contributed by atoms with Crippen LogP contribution in [0.15, 0.2) is 30.3 Å². The SMILES string of the molecule is CN(CCc1ccccc1)CC(C)(C)CN.Cl. The van der Waals surface area contributed by atoms with Crippen molar-refractivity contribution in [1.29, 1.82) is 0 Å². The van der Waals surface area contributed by atoms with Crippen LogP contribution in [0.1, 0.15) is 19.4 Å². The van der Waals surface area contributed by atoms with Gasteiger partial charge in [-0.2, -0.15) is 0 Å². The molecule has 17 heavy (non-hydrogen) atoms.